The zero-order chi connectivity index (χ0) is 19.0. The summed E-state index contributed by atoms with van der Waals surface area (Å²) in [7, 11) is 0. The first-order chi connectivity index (χ1) is 12.3. The van der Waals surface area contributed by atoms with Crippen molar-refractivity contribution in [2.75, 3.05) is 13.1 Å². The third kappa shape index (κ3) is 7.10. The fourth-order valence-electron chi connectivity index (χ4n) is 2.24. The summed E-state index contributed by atoms with van der Waals surface area (Å²) in [5.74, 6) is 0.894. The number of rotatable bonds is 7. The van der Waals surface area contributed by atoms with Gasteiger partial charge >= 0.3 is 12.2 Å². The normalized spacial score (nSPS) is 11.3. The molecule has 0 bridgehead atoms. The number of alkyl carbamates (subject to hydrolysis) is 1. The number of aromatic amines is 1. The topological polar surface area (TPSA) is 105 Å². The van der Waals surface area contributed by atoms with Crippen LogP contribution in [0.1, 0.15) is 39.4 Å². The van der Waals surface area contributed by atoms with Gasteiger partial charge in [0.2, 0.25) is 0 Å². The second kappa shape index (κ2) is 9.19. The molecule has 0 aliphatic rings. The van der Waals surface area contributed by atoms with Crippen LogP contribution in [0.3, 0.4) is 0 Å². The second-order valence-electron chi connectivity index (χ2n) is 6.87. The molecule has 0 fully saturated rings. The van der Waals surface area contributed by atoms with Gasteiger partial charge in [0.05, 0.1) is 17.6 Å². The summed E-state index contributed by atoms with van der Waals surface area (Å²) < 4.78 is 9.39. The Morgan fingerprint density at radius 3 is 2.62 bits per heavy atom. The standard InChI is InChI=1S/C18H26N4O4/c1-18(2,3)26-17(24)25-16(23)20-11-7-6-10-19-12-15-21-13-8-4-5-9-14(13)22-15/h4-5,8-9,19H,6-7,10-12H2,1-3H3,(H,20,23)(H,21,22). The zero-order valence-electron chi connectivity index (χ0n) is 15.4. The maximum atomic E-state index is 11.4. The van der Waals surface area contributed by atoms with Crippen molar-refractivity contribution in [2.24, 2.45) is 0 Å². The minimum absolute atomic E-state index is 0.425. The molecule has 3 N–H and O–H groups in total. The van der Waals surface area contributed by atoms with Crippen molar-refractivity contribution in [3.05, 3.63) is 30.1 Å². The van der Waals surface area contributed by atoms with E-state index in [4.69, 9.17) is 4.74 Å². The predicted molar refractivity (Wildman–Crippen MR) is 97.8 cm³/mol. The van der Waals surface area contributed by atoms with Gasteiger partial charge in [-0.2, -0.15) is 0 Å². The molecule has 0 radical (unpaired) electrons. The number of carbonyl (C=O) groups excluding carboxylic acids is 2. The number of hydrogen-bond donors (Lipinski definition) is 3. The average molecular weight is 362 g/mol. The summed E-state index contributed by atoms with van der Waals surface area (Å²) in [5, 5.41) is 5.81. The lowest BCUT2D eigenvalue weighted by Gasteiger charge is -2.18. The zero-order valence-corrected chi connectivity index (χ0v) is 15.4. The van der Waals surface area contributed by atoms with Gasteiger partial charge in [-0.05, 0) is 52.3 Å². The third-order valence-corrected chi connectivity index (χ3v) is 3.35. The first-order valence-electron chi connectivity index (χ1n) is 8.66. The largest absolute Gasteiger partial charge is 0.517 e. The van der Waals surface area contributed by atoms with E-state index in [1.165, 1.54) is 0 Å². The number of nitrogens with one attached hydrogen (secondary N) is 3. The van der Waals surface area contributed by atoms with Crippen LogP contribution in [-0.2, 0) is 16.0 Å². The van der Waals surface area contributed by atoms with Crippen LogP contribution in [0.4, 0.5) is 9.59 Å². The van der Waals surface area contributed by atoms with Crippen LogP contribution in [0.2, 0.25) is 0 Å². The van der Waals surface area contributed by atoms with Crippen molar-refractivity contribution in [3.63, 3.8) is 0 Å². The van der Waals surface area contributed by atoms with E-state index in [9.17, 15) is 9.59 Å². The molecule has 1 aromatic carbocycles. The number of hydrogen-bond acceptors (Lipinski definition) is 6. The molecule has 1 aromatic heterocycles. The monoisotopic (exact) mass is 362 g/mol. The van der Waals surface area contributed by atoms with E-state index in [2.05, 4.69) is 25.3 Å². The van der Waals surface area contributed by atoms with Crippen LogP contribution in [0, 0.1) is 0 Å². The maximum Gasteiger partial charge on any atom is 0.517 e. The van der Waals surface area contributed by atoms with Gasteiger partial charge in [-0.1, -0.05) is 12.1 Å². The Kier molecular flexibility index (Phi) is 6.97. The molecule has 0 aliphatic heterocycles. The van der Waals surface area contributed by atoms with Gasteiger partial charge in [0.25, 0.3) is 0 Å². The highest BCUT2D eigenvalue weighted by Gasteiger charge is 2.19. The van der Waals surface area contributed by atoms with Crippen LogP contribution in [0.15, 0.2) is 24.3 Å². The number of carbonyl (C=O) groups is 2. The molecule has 0 spiro atoms. The first-order valence-corrected chi connectivity index (χ1v) is 8.66. The molecule has 26 heavy (non-hydrogen) atoms. The van der Waals surface area contributed by atoms with Crippen LogP contribution in [-0.4, -0.2) is 40.9 Å². The van der Waals surface area contributed by atoms with Gasteiger partial charge in [0, 0.05) is 6.54 Å². The van der Waals surface area contributed by atoms with Gasteiger partial charge in [-0.25, -0.2) is 14.6 Å². The SMILES string of the molecule is CC(C)(C)OC(=O)OC(=O)NCCCCNCc1nc2ccccc2[nH]1. The Hall–Kier alpha value is -2.61. The van der Waals surface area contributed by atoms with E-state index >= 15 is 0 Å². The van der Waals surface area contributed by atoms with Gasteiger partial charge in [0.15, 0.2) is 0 Å². The lowest BCUT2D eigenvalue weighted by Crippen LogP contribution is -2.31. The predicted octanol–water partition coefficient (Wildman–Crippen LogP) is 3.09. The smallest absolute Gasteiger partial charge is 0.428 e. The van der Waals surface area contributed by atoms with Gasteiger partial charge in [-0.15, -0.1) is 0 Å². The van der Waals surface area contributed by atoms with Crippen LogP contribution < -0.4 is 10.6 Å². The molecule has 0 atom stereocenters. The summed E-state index contributed by atoms with van der Waals surface area (Å²) in [6.07, 6.45) is -0.166. The lowest BCUT2D eigenvalue weighted by atomic mass is 10.2. The van der Waals surface area contributed by atoms with Crippen LogP contribution in [0.5, 0.6) is 0 Å². The van der Waals surface area contributed by atoms with Crippen molar-refractivity contribution in [2.45, 2.75) is 45.8 Å². The summed E-state index contributed by atoms with van der Waals surface area (Å²) in [5.41, 5.74) is 1.29. The molecule has 8 nitrogen and oxygen atoms in total. The lowest BCUT2D eigenvalue weighted by molar-refractivity contribution is 0.00902. The summed E-state index contributed by atoms with van der Waals surface area (Å²) in [6.45, 7) is 6.97. The van der Waals surface area contributed by atoms with Gasteiger partial charge in [0.1, 0.15) is 11.4 Å². The number of ether oxygens (including phenoxy) is 2. The second-order valence-corrected chi connectivity index (χ2v) is 6.87. The number of H-pyrrole nitrogens is 1. The number of nitrogens with zero attached hydrogens (tertiary/aromatic N) is 1. The van der Waals surface area contributed by atoms with Crippen LogP contribution in [0.25, 0.3) is 11.0 Å². The number of para-hydroxylation sites is 2. The highest BCUT2D eigenvalue weighted by atomic mass is 16.8. The van der Waals surface area contributed by atoms with Crippen molar-refractivity contribution in [1.29, 1.82) is 0 Å². The van der Waals surface area contributed by atoms with E-state index in [0.29, 0.717) is 13.1 Å². The fraction of sp³-hybridized carbons (Fsp3) is 0.500. The molecular formula is C18H26N4O4. The Morgan fingerprint density at radius 2 is 1.88 bits per heavy atom. The van der Waals surface area contributed by atoms with E-state index in [-0.39, 0.29) is 0 Å². The van der Waals surface area contributed by atoms with Gasteiger partial charge in [-0.3, -0.25) is 0 Å². The maximum absolute atomic E-state index is 11.4. The van der Waals surface area contributed by atoms with Crippen LogP contribution >= 0.6 is 0 Å². The first kappa shape index (κ1) is 19.7. The van der Waals surface area contributed by atoms with Crippen molar-refractivity contribution < 1.29 is 19.1 Å². The van der Waals surface area contributed by atoms with Gasteiger partial charge < -0.3 is 25.1 Å². The Labute approximate surface area is 152 Å². The number of amides is 1. The van der Waals surface area contributed by atoms with E-state index < -0.39 is 17.8 Å². The molecule has 1 heterocycles. The highest BCUT2D eigenvalue weighted by molar-refractivity contribution is 5.80. The average Bonchev–Trinajstić information content (AvgIpc) is 2.94. The Balaban J connectivity index is 1.52. The minimum Gasteiger partial charge on any atom is -0.428 e. The number of fused-ring (bicyclic) bond motifs is 1. The molecule has 2 rings (SSSR count). The number of aromatic nitrogens is 2. The molecule has 1 amide bonds. The molecule has 0 unspecified atom stereocenters. The molecule has 0 aliphatic carbocycles. The Bertz CT molecular complexity index is 703. The quantitative estimate of drug-likeness (QED) is 0.397. The van der Waals surface area contributed by atoms with E-state index in [1.807, 2.05) is 24.3 Å². The molecule has 2 aromatic rings. The highest BCUT2D eigenvalue weighted by Crippen LogP contribution is 2.10. The molecule has 0 saturated heterocycles. The van der Waals surface area contributed by atoms with E-state index in [1.54, 1.807) is 20.8 Å². The molecule has 8 heteroatoms. The summed E-state index contributed by atoms with van der Waals surface area (Å²) >= 11 is 0. The minimum atomic E-state index is -0.998. The molecule has 0 saturated carbocycles. The number of imidazole rings is 1. The van der Waals surface area contributed by atoms with Crippen molar-refractivity contribution in [3.8, 4) is 0 Å². The van der Waals surface area contributed by atoms with Crippen molar-refractivity contribution >= 4 is 23.3 Å². The third-order valence-electron chi connectivity index (χ3n) is 3.35. The fourth-order valence-corrected chi connectivity index (χ4v) is 2.24. The molecule has 142 valence electrons. The Morgan fingerprint density at radius 1 is 1.15 bits per heavy atom. The number of benzene rings is 1. The molecular weight excluding hydrogens is 336 g/mol. The number of unbranched alkanes of at least 4 members (excludes halogenated alkanes) is 1. The summed E-state index contributed by atoms with van der Waals surface area (Å²) in [4.78, 5) is 30.5. The van der Waals surface area contributed by atoms with Crippen molar-refractivity contribution in [1.82, 2.24) is 20.6 Å². The summed E-state index contributed by atoms with van der Waals surface area (Å²) in [6, 6.07) is 7.89. The van der Waals surface area contributed by atoms with E-state index in [0.717, 1.165) is 36.2 Å².